The molecule has 2 N–H and O–H groups in total. The molecule has 1 atom stereocenters. The summed E-state index contributed by atoms with van der Waals surface area (Å²) in [5.74, 6) is 1.63. The Bertz CT molecular complexity index is 682. The van der Waals surface area contributed by atoms with E-state index in [-0.39, 0.29) is 11.6 Å². The summed E-state index contributed by atoms with van der Waals surface area (Å²) < 4.78 is 10.8. The van der Waals surface area contributed by atoms with Crippen LogP contribution in [0.4, 0.5) is 0 Å². The van der Waals surface area contributed by atoms with Gasteiger partial charge in [-0.15, -0.1) is 0 Å². The Morgan fingerprint density at radius 2 is 1.83 bits per heavy atom. The third-order valence-corrected chi connectivity index (χ3v) is 4.67. The van der Waals surface area contributed by atoms with E-state index < -0.39 is 0 Å². The average Bonchev–Trinajstić information content (AvgIpc) is 3.23. The molecule has 120 valence electrons. The van der Waals surface area contributed by atoms with Crippen LogP contribution in [0.5, 0.6) is 11.5 Å². The highest BCUT2D eigenvalue weighted by Crippen LogP contribution is 2.48. The summed E-state index contributed by atoms with van der Waals surface area (Å²) >= 11 is 0. The summed E-state index contributed by atoms with van der Waals surface area (Å²) in [6.07, 6.45) is 2.46. The first-order chi connectivity index (χ1) is 11.3. The van der Waals surface area contributed by atoms with Crippen LogP contribution in [0, 0.1) is 0 Å². The topological polar surface area (TPSA) is 50.7 Å². The summed E-state index contributed by atoms with van der Waals surface area (Å²) in [5.41, 5.74) is 2.36. The molecule has 0 bridgehead atoms. The quantitative estimate of drug-likeness (QED) is 0.861. The normalized spacial score (nSPS) is 18.7. The summed E-state index contributed by atoms with van der Waals surface area (Å²) in [6.45, 7) is 0.887. The van der Waals surface area contributed by atoms with Crippen LogP contribution in [-0.4, -0.2) is 24.5 Å². The zero-order valence-corrected chi connectivity index (χ0v) is 13.0. The number of ether oxygens (including phenoxy) is 2. The van der Waals surface area contributed by atoms with Gasteiger partial charge in [-0.25, -0.2) is 0 Å². The van der Waals surface area contributed by atoms with Crippen molar-refractivity contribution in [1.82, 2.24) is 5.32 Å². The third-order valence-electron chi connectivity index (χ3n) is 4.67. The van der Waals surface area contributed by atoms with Crippen LogP contribution in [0.2, 0.25) is 0 Å². The van der Waals surface area contributed by atoms with E-state index in [0.717, 1.165) is 29.9 Å². The van der Waals surface area contributed by atoms with Crippen molar-refractivity contribution < 1.29 is 14.6 Å². The Labute approximate surface area is 136 Å². The van der Waals surface area contributed by atoms with Gasteiger partial charge in [0.05, 0.1) is 6.10 Å². The van der Waals surface area contributed by atoms with Crippen molar-refractivity contribution in [3.63, 3.8) is 0 Å². The van der Waals surface area contributed by atoms with Crippen LogP contribution in [0.3, 0.4) is 0 Å². The number of aliphatic hydroxyl groups is 1. The minimum Gasteiger partial charge on any atom is -0.454 e. The summed E-state index contributed by atoms with van der Waals surface area (Å²) in [7, 11) is 0. The van der Waals surface area contributed by atoms with Gasteiger partial charge in [0.25, 0.3) is 0 Å². The molecule has 0 saturated heterocycles. The molecule has 4 rings (SSSR count). The van der Waals surface area contributed by atoms with Gasteiger partial charge in [0.2, 0.25) is 6.79 Å². The zero-order chi connectivity index (χ0) is 15.7. The minimum atomic E-state index is -0.385. The maximum Gasteiger partial charge on any atom is 0.231 e. The minimum absolute atomic E-state index is 0.0152. The predicted molar refractivity (Wildman–Crippen MR) is 87.6 cm³/mol. The average molecular weight is 311 g/mol. The molecule has 4 nitrogen and oxygen atoms in total. The SMILES string of the molecule is OC(CNC1(c2ccc3c(c2)OCO3)CC1)Cc1ccccc1. The van der Waals surface area contributed by atoms with Crippen LogP contribution in [-0.2, 0) is 12.0 Å². The molecule has 0 spiro atoms. The van der Waals surface area contributed by atoms with Crippen molar-refractivity contribution in [3.05, 3.63) is 59.7 Å². The van der Waals surface area contributed by atoms with E-state index in [0.29, 0.717) is 19.8 Å². The maximum absolute atomic E-state index is 10.3. The highest BCUT2D eigenvalue weighted by molar-refractivity contribution is 5.47. The van der Waals surface area contributed by atoms with E-state index in [4.69, 9.17) is 9.47 Å². The zero-order valence-electron chi connectivity index (χ0n) is 13.0. The molecule has 1 unspecified atom stereocenters. The molecule has 23 heavy (non-hydrogen) atoms. The van der Waals surface area contributed by atoms with E-state index in [1.165, 1.54) is 5.56 Å². The second kappa shape index (κ2) is 5.87. The van der Waals surface area contributed by atoms with E-state index in [2.05, 4.69) is 17.4 Å². The number of benzene rings is 2. The number of aliphatic hydroxyl groups excluding tert-OH is 1. The Kier molecular flexibility index (Phi) is 3.71. The molecule has 1 aliphatic heterocycles. The van der Waals surface area contributed by atoms with Crippen molar-refractivity contribution >= 4 is 0 Å². The van der Waals surface area contributed by atoms with Gasteiger partial charge in [0.15, 0.2) is 11.5 Å². The molecule has 1 saturated carbocycles. The summed E-state index contributed by atoms with van der Waals surface area (Å²) in [5, 5.41) is 13.8. The van der Waals surface area contributed by atoms with E-state index >= 15 is 0 Å². The number of hydrogen-bond acceptors (Lipinski definition) is 4. The molecule has 1 aliphatic carbocycles. The number of rotatable bonds is 6. The van der Waals surface area contributed by atoms with Gasteiger partial charge in [-0.05, 0) is 42.5 Å². The van der Waals surface area contributed by atoms with Gasteiger partial charge in [-0.3, -0.25) is 0 Å². The van der Waals surface area contributed by atoms with Gasteiger partial charge in [0, 0.05) is 12.1 Å². The summed E-state index contributed by atoms with van der Waals surface area (Å²) in [4.78, 5) is 0. The van der Waals surface area contributed by atoms with Gasteiger partial charge < -0.3 is 19.9 Å². The fourth-order valence-corrected chi connectivity index (χ4v) is 3.16. The lowest BCUT2D eigenvalue weighted by Gasteiger charge is -2.21. The Balaban J connectivity index is 1.38. The monoisotopic (exact) mass is 311 g/mol. The highest BCUT2D eigenvalue weighted by atomic mass is 16.7. The van der Waals surface area contributed by atoms with Gasteiger partial charge >= 0.3 is 0 Å². The molecule has 2 aromatic rings. The van der Waals surface area contributed by atoms with Crippen LogP contribution in [0.1, 0.15) is 24.0 Å². The predicted octanol–water partition coefficient (Wildman–Crippen LogP) is 2.60. The Morgan fingerprint density at radius 1 is 1.04 bits per heavy atom. The van der Waals surface area contributed by atoms with Crippen LogP contribution < -0.4 is 14.8 Å². The first-order valence-electron chi connectivity index (χ1n) is 8.12. The Morgan fingerprint density at radius 3 is 2.61 bits per heavy atom. The van der Waals surface area contributed by atoms with Gasteiger partial charge in [-0.2, -0.15) is 0 Å². The van der Waals surface area contributed by atoms with Gasteiger partial charge in [-0.1, -0.05) is 36.4 Å². The summed E-state index contributed by atoms with van der Waals surface area (Å²) in [6, 6.07) is 16.2. The van der Waals surface area contributed by atoms with Crippen molar-refractivity contribution in [1.29, 1.82) is 0 Å². The highest BCUT2D eigenvalue weighted by Gasteiger charge is 2.44. The maximum atomic E-state index is 10.3. The Hall–Kier alpha value is -2.04. The molecular weight excluding hydrogens is 290 g/mol. The smallest absolute Gasteiger partial charge is 0.231 e. The second-order valence-corrected chi connectivity index (χ2v) is 6.37. The fraction of sp³-hybridized carbons (Fsp3) is 0.368. The van der Waals surface area contributed by atoms with Gasteiger partial charge in [0.1, 0.15) is 0 Å². The third kappa shape index (κ3) is 3.05. The molecule has 2 aromatic carbocycles. The number of hydrogen-bond donors (Lipinski definition) is 2. The first kappa shape index (κ1) is 14.5. The van der Waals surface area contributed by atoms with Crippen LogP contribution in [0.15, 0.2) is 48.5 Å². The first-order valence-corrected chi connectivity index (χ1v) is 8.12. The van der Waals surface area contributed by atoms with Crippen molar-refractivity contribution in [3.8, 4) is 11.5 Å². The van der Waals surface area contributed by atoms with E-state index in [1.807, 2.05) is 36.4 Å². The molecular formula is C19H21NO3. The molecule has 0 aromatic heterocycles. The lowest BCUT2D eigenvalue weighted by Crippen LogP contribution is -2.36. The van der Waals surface area contributed by atoms with Crippen LogP contribution in [0.25, 0.3) is 0 Å². The molecule has 0 radical (unpaired) electrons. The lowest BCUT2D eigenvalue weighted by molar-refractivity contribution is 0.165. The molecule has 1 heterocycles. The fourth-order valence-electron chi connectivity index (χ4n) is 3.16. The van der Waals surface area contributed by atoms with Crippen LogP contribution >= 0.6 is 0 Å². The molecule has 1 fully saturated rings. The molecule has 0 amide bonds. The van der Waals surface area contributed by atoms with E-state index in [9.17, 15) is 5.11 Å². The molecule has 2 aliphatic rings. The number of nitrogens with one attached hydrogen (secondary N) is 1. The largest absolute Gasteiger partial charge is 0.454 e. The van der Waals surface area contributed by atoms with Crippen molar-refractivity contribution in [2.24, 2.45) is 0 Å². The lowest BCUT2D eigenvalue weighted by atomic mass is 10.0. The molecule has 4 heteroatoms. The second-order valence-electron chi connectivity index (χ2n) is 6.37. The number of fused-ring (bicyclic) bond motifs is 1. The van der Waals surface area contributed by atoms with Crippen molar-refractivity contribution in [2.75, 3.05) is 13.3 Å². The standard InChI is InChI=1S/C19H21NO3/c21-16(10-14-4-2-1-3-5-14)12-20-19(8-9-19)15-6-7-17-18(11-15)23-13-22-17/h1-7,11,16,20-21H,8-10,12-13H2. The van der Waals surface area contributed by atoms with Crippen molar-refractivity contribution in [2.45, 2.75) is 30.9 Å². The van der Waals surface area contributed by atoms with E-state index in [1.54, 1.807) is 0 Å².